The Morgan fingerprint density at radius 3 is 1.47 bits per heavy atom. The van der Waals surface area contributed by atoms with E-state index in [2.05, 4.69) is 255 Å². The van der Waals surface area contributed by atoms with E-state index < -0.39 is 5.41 Å². The fraction of sp³-hybridized carbons (Fsp3) is 0.0571. The van der Waals surface area contributed by atoms with Crippen LogP contribution >= 0.6 is 0 Å². The maximum atomic E-state index is 6.22. The summed E-state index contributed by atoms with van der Waals surface area (Å²) < 4.78 is 6.22. The minimum absolute atomic E-state index is 0.164. The summed E-state index contributed by atoms with van der Waals surface area (Å²) in [6, 6.07) is 92.5. The number of rotatable bonds is 6. The number of fused-ring (bicyclic) bond motifs is 16. The average molecular weight is 918 g/mol. The largest absolute Gasteiger partial charge is 0.456 e. The van der Waals surface area contributed by atoms with Gasteiger partial charge in [-0.1, -0.05) is 196 Å². The monoisotopic (exact) mass is 917 g/mol. The SMILES string of the molecule is CC1(C)c2ccccc2-c2ccc(N(c3ccc(-c4ccc5oc6ccccc6c5c4)cc3)c3cc(-c4ccccc4)cc(-c4ccc5c(c4)-c4ccccc4C54c5ccccc5-c5ccccc54)c3)cc21. The van der Waals surface area contributed by atoms with Crippen LogP contribution in [-0.4, -0.2) is 0 Å². The normalized spacial score (nSPS) is 13.9. The van der Waals surface area contributed by atoms with Gasteiger partial charge < -0.3 is 9.32 Å². The molecule has 3 aliphatic rings. The summed E-state index contributed by atoms with van der Waals surface area (Å²) in [6.45, 7) is 4.74. The lowest BCUT2D eigenvalue weighted by atomic mass is 9.70. The molecule has 2 nitrogen and oxygen atoms in total. The van der Waals surface area contributed by atoms with Gasteiger partial charge in [-0.15, -0.1) is 0 Å². The topological polar surface area (TPSA) is 16.4 Å². The minimum Gasteiger partial charge on any atom is -0.456 e. The van der Waals surface area contributed by atoms with Crippen LogP contribution in [-0.2, 0) is 10.8 Å². The van der Waals surface area contributed by atoms with Gasteiger partial charge in [-0.25, -0.2) is 0 Å². The second-order valence-electron chi connectivity index (χ2n) is 20.4. The lowest BCUT2D eigenvalue weighted by Crippen LogP contribution is -2.25. The molecule has 0 aliphatic heterocycles. The molecule has 0 radical (unpaired) electrons. The van der Waals surface area contributed by atoms with Gasteiger partial charge in [-0.3, -0.25) is 0 Å². The zero-order valence-electron chi connectivity index (χ0n) is 40.0. The molecule has 72 heavy (non-hydrogen) atoms. The van der Waals surface area contributed by atoms with E-state index in [0.717, 1.165) is 61.3 Å². The standard InChI is InChI=1S/C70H47NO/c1-69(2)61-23-11-6-18-53(61)57-35-34-51(43-66(57)69)71(50-32-28-45(29-33-50)46-31-37-68-60(42-46)58-22-10-15-27-67(58)72-68)52-39-48(44-16-4-3-5-17-44)38-49(40-52)47-30-36-65-59(41-47)56-21-9-14-26-64(56)70(65)62-24-12-7-19-54(62)55-20-8-13-25-63(55)70/h3-43H,1-2H3. The van der Waals surface area contributed by atoms with Gasteiger partial charge in [0, 0.05) is 33.2 Å². The van der Waals surface area contributed by atoms with Gasteiger partial charge in [-0.2, -0.15) is 0 Å². The van der Waals surface area contributed by atoms with Gasteiger partial charge in [0.05, 0.1) is 5.41 Å². The summed E-state index contributed by atoms with van der Waals surface area (Å²) >= 11 is 0. The van der Waals surface area contributed by atoms with Crippen LogP contribution in [0.2, 0.25) is 0 Å². The van der Waals surface area contributed by atoms with Gasteiger partial charge in [-0.05, 0) is 167 Å². The molecule has 0 unspecified atom stereocenters. The van der Waals surface area contributed by atoms with Crippen molar-refractivity contribution < 1.29 is 4.42 Å². The van der Waals surface area contributed by atoms with E-state index in [9.17, 15) is 0 Å². The van der Waals surface area contributed by atoms with E-state index in [4.69, 9.17) is 4.42 Å². The second-order valence-corrected chi connectivity index (χ2v) is 20.4. The Balaban J connectivity index is 0.922. The van der Waals surface area contributed by atoms with Crippen LogP contribution in [0.4, 0.5) is 17.1 Å². The molecule has 0 N–H and O–H groups in total. The van der Waals surface area contributed by atoms with Crippen molar-refractivity contribution in [3.63, 3.8) is 0 Å². The molecule has 1 heterocycles. The number of furan rings is 1. The van der Waals surface area contributed by atoms with Gasteiger partial charge in [0.2, 0.25) is 0 Å². The second kappa shape index (κ2) is 15.3. The predicted molar refractivity (Wildman–Crippen MR) is 299 cm³/mol. The van der Waals surface area contributed by atoms with Crippen LogP contribution in [0.15, 0.2) is 253 Å². The third-order valence-electron chi connectivity index (χ3n) is 16.3. The summed E-state index contributed by atoms with van der Waals surface area (Å²) in [6.07, 6.45) is 0. The first-order valence-electron chi connectivity index (χ1n) is 25.1. The molecule has 1 aromatic heterocycles. The number of anilines is 3. The van der Waals surface area contributed by atoms with Gasteiger partial charge in [0.25, 0.3) is 0 Å². The summed E-state index contributed by atoms with van der Waals surface area (Å²) in [4.78, 5) is 2.47. The Morgan fingerprint density at radius 2 is 0.764 bits per heavy atom. The van der Waals surface area contributed by atoms with E-state index in [0.29, 0.717) is 0 Å². The van der Waals surface area contributed by atoms with Gasteiger partial charge in [0.1, 0.15) is 11.2 Å². The van der Waals surface area contributed by atoms with Gasteiger partial charge >= 0.3 is 0 Å². The summed E-state index contributed by atoms with van der Waals surface area (Å²) in [5.41, 5.74) is 27.5. The zero-order chi connectivity index (χ0) is 47.7. The predicted octanol–water partition coefficient (Wildman–Crippen LogP) is 18.7. The van der Waals surface area contributed by atoms with Crippen LogP contribution in [0, 0.1) is 0 Å². The van der Waals surface area contributed by atoms with E-state index in [1.807, 2.05) is 12.1 Å². The molecule has 11 aromatic carbocycles. The molecule has 1 spiro atoms. The molecule has 12 aromatic rings. The molecule has 3 aliphatic carbocycles. The van der Waals surface area contributed by atoms with Crippen molar-refractivity contribution in [2.45, 2.75) is 24.7 Å². The lowest BCUT2D eigenvalue weighted by molar-refractivity contribution is 0.660. The molecule has 338 valence electrons. The number of nitrogens with zero attached hydrogens (tertiary/aromatic N) is 1. The number of benzene rings is 11. The van der Waals surface area contributed by atoms with Crippen molar-refractivity contribution in [3.8, 4) is 66.8 Å². The van der Waals surface area contributed by atoms with Crippen LogP contribution in [0.3, 0.4) is 0 Å². The number of hydrogen-bond donors (Lipinski definition) is 0. The Labute approximate surface area is 419 Å². The first-order chi connectivity index (χ1) is 35.4. The molecule has 0 fully saturated rings. The number of hydrogen-bond acceptors (Lipinski definition) is 2. The van der Waals surface area contributed by atoms with Crippen LogP contribution in [0.5, 0.6) is 0 Å². The minimum atomic E-state index is -0.392. The summed E-state index contributed by atoms with van der Waals surface area (Å²) in [7, 11) is 0. The Kier molecular flexibility index (Phi) is 8.66. The maximum Gasteiger partial charge on any atom is 0.135 e. The highest BCUT2D eigenvalue weighted by Crippen LogP contribution is 2.63. The lowest BCUT2D eigenvalue weighted by Gasteiger charge is -2.30. The summed E-state index contributed by atoms with van der Waals surface area (Å²) in [5, 5.41) is 2.26. The van der Waals surface area contributed by atoms with E-state index in [1.54, 1.807) is 0 Å². The van der Waals surface area contributed by atoms with Crippen LogP contribution < -0.4 is 4.90 Å². The molecule has 0 saturated carbocycles. The third kappa shape index (κ3) is 5.78. The third-order valence-corrected chi connectivity index (χ3v) is 16.3. The Hall–Kier alpha value is -8.98. The van der Waals surface area contributed by atoms with E-state index in [-0.39, 0.29) is 5.41 Å². The van der Waals surface area contributed by atoms with Crippen LogP contribution in [0.1, 0.15) is 47.2 Å². The zero-order valence-corrected chi connectivity index (χ0v) is 40.0. The molecular formula is C70H47NO. The molecule has 0 bridgehead atoms. The molecule has 15 rings (SSSR count). The number of para-hydroxylation sites is 1. The van der Waals surface area contributed by atoms with Crippen molar-refractivity contribution >= 4 is 39.0 Å². The summed E-state index contributed by atoms with van der Waals surface area (Å²) in [5.74, 6) is 0. The van der Waals surface area contributed by atoms with Crippen molar-refractivity contribution in [3.05, 3.63) is 282 Å². The molecule has 0 amide bonds. The van der Waals surface area contributed by atoms with Crippen molar-refractivity contribution in [1.29, 1.82) is 0 Å². The smallest absolute Gasteiger partial charge is 0.135 e. The molecule has 0 atom stereocenters. The van der Waals surface area contributed by atoms with Gasteiger partial charge in [0.15, 0.2) is 0 Å². The average Bonchev–Trinajstić information content (AvgIpc) is 4.13. The highest BCUT2D eigenvalue weighted by molar-refractivity contribution is 6.06. The van der Waals surface area contributed by atoms with Crippen molar-refractivity contribution in [2.75, 3.05) is 4.90 Å². The maximum absolute atomic E-state index is 6.22. The van der Waals surface area contributed by atoms with Crippen molar-refractivity contribution in [1.82, 2.24) is 0 Å². The fourth-order valence-electron chi connectivity index (χ4n) is 13.0. The fourth-order valence-corrected chi connectivity index (χ4v) is 13.0. The van der Waals surface area contributed by atoms with Crippen LogP contribution in [0.25, 0.3) is 88.7 Å². The van der Waals surface area contributed by atoms with E-state index >= 15 is 0 Å². The highest BCUT2D eigenvalue weighted by Gasteiger charge is 2.51. The van der Waals surface area contributed by atoms with E-state index in [1.165, 1.54) is 77.9 Å². The quantitative estimate of drug-likeness (QED) is 0.165. The first-order valence-corrected chi connectivity index (χ1v) is 25.1. The highest BCUT2D eigenvalue weighted by atomic mass is 16.3. The Bertz CT molecular complexity index is 4150. The molecule has 0 saturated heterocycles. The van der Waals surface area contributed by atoms with Crippen molar-refractivity contribution in [2.24, 2.45) is 0 Å². The molecular weight excluding hydrogens is 871 g/mol. The molecule has 2 heteroatoms. The first kappa shape index (κ1) is 40.9. The Morgan fingerprint density at radius 1 is 0.278 bits per heavy atom.